The molecule has 0 saturated carbocycles. The van der Waals surface area contributed by atoms with Gasteiger partial charge < -0.3 is 10.2 Å². The van der Waals surface area contributed by atoms with Crippen LogP contribution in [0.25, 0.3) is 0 Å². The smallest absolute Gasteiger partial charge is 0.257 e. The maximum atomic E-state index is 12.8. The number of likely N-dealkylation sites (tertiary alicyclic amines) is 1. The number of benzene rings is 1. The van der Waals surface area contributed by atoms with E-state index in [1.54, 1.807) is 24.3 Å². The summed E-state index contributed by atoms with van der Waals surface area (Å²) in [4.78, 5) is 30.9. The van der Waals surface area contributed by atoms with Crippen LogP contribution in [-0.4, -0.2) is 34.8 Å². The predicted molar refractivity (Wildman–Crippen MR) is 98.4 cm³/mol. The van der Waals surface area contributed by atoms with Gasteiger partial charge in [-0.3, -0.25) is 9.59 Å². The second-order valence-electron chi connectivity index (χ2n) is 5.85. The maximum absolute atomic E-state index is 12.8. The molecule has 7 heteroatoms. The van der Waals surface area contributed by atoms with Crippen molar-refractivity contribution in [1.82, 2.24) is 9.88 Å². The van der Waals surface area contributed by atoms with E-state index in [-0.39, 0.29) is 21.6 Å². The van der Waals surface area contributed by atoms with Crippen molar-refractivity contribution < 1.29 is 9.59 Å². The molecule has 5 nitrogen and oxygen atoms in total. The first-order valence-corrected chi connectivity index (χ1v) is 8.82. The lowest BCUT2D eigenvalue weighted by molar-refractivity contribution is 0.0725. The molecule has 1 aliphatic heterocycles. The van der Waals surface area contributed by atoms with Crippen molar-refractivity contribution in [2.24, 2.45) is 0 Å². The van der Waals surface area contributed by atoms with Gasteiger partial charge in [-0.25, -0.2) is 4.98 Å². The number of halogens is 2. The van der Waals surface area contributed by atoms with Crippen LogP contribution in [0.3, 0.4) is 0 Å². The number of hydrogen-bond acceptors (Lipinski definition) is 3. The van der Waals surface area contributed by atoms with Crippen molar-refractivity contribution >= 4 is 40.7 Å². The summed E-state index contributed by atoms with van der Waals surface area (Å²) in [5.41, 5.74) is 1.22. The molecular weight excluding hydrogens is 361 g/mol. The van der Waals surface area contributed by atoms with Crippen LogP contribution in [0.15, 0.2) is 36.5 Å². The van der Waals surface area contributed by atoms with E-state index >= 15 is 0 Å². The summed E-state index contributed by atoms with van der Waals surface area (Å²) in [6.07, 6.45) is 4.51. The fourth-order valence-corrected chi connectivity index (χ4v) is 3.06. The van der Waals surface area contributed by atoms with Gasteiger partial charge in [-0.2, -0.15) is 0 Å². The molecule has 130 valence electrons. The van der Waals surface area contributed by atoms with Crippen molar-refractivity contribution in [3.63, 3.8) is 0 Å². The van der Waals surface area contributed by atoms with E-state index in [0.29, 0.717) is 11.3 Å². The van der Waals surface area contributed by atoms with Crippen molar-refractivity contribution in [3.8, 4) is 0 Å². The van der Waals surface area contributed by atoms with E-state index in [1.807, 2.05) is 4.90 Å². The number of carbonyl (C=O) groups is 2. The molecular formula is C18H17Cl2N3O2. The van der Waals surface area contributed by atoms with Gasteiger partial charge in [-0.05, 0) is 37.5 Å². The predicted octanol–water partition coefficient (Wildman–Crippen LogP) is 4.27. The number of anilines is 1. The van der Waals surface area contributed by atoms with Gasteiger partial charge in [0.15, 0.2) is 0 Å². The average Bonchev–Trinajstić information content (AvgIpc) is 2.64. The van der Waals surface area contributed by atoms with E-state index in [0.717, 1.165) is 32.4 Å². The molecule has 2 aromatic rings. The maximum Gasteiger partial charge on any atom is 0.257 e. The number of piperidine rings is 1. The first kappa shape index (κ1) is 17.7. The summed E-state index contributed by atoms with van der Waals surface area (Å²) in [6, 6.07) is 8.43. The molecule has 1 aromatic carbocycles. The zero-order chi connectivity index (χ0) is 17.8. The highest BCUT2D eigenvalue weighted by atomic mass is 35.5. The second-order valence-corrected chi connectivity index (χ2v) is 6.61. The summed E-state index contributed by atoms with van der Waals surface area (Å²) in [5, 5.41) is 3.10. The summed E-state index contributed by atoms with van der Waals surface area (Å²) in [5.74, 6) is -0.465. The van der Waals surface area contributed by atoms with Crippen LogP contribution in [-0.2, 0) is 0 Å². The second kappa shape index (κ2) is 7.85. The minimum atomic E-state index is -0.398. The summed E-state index contributed by atoms with van der Waals surface area (Å²) in [7, 11) is 0. The summed E-state index contributed by atoms with van der Waals surface area (Å²) in [6.45, 7) is 1.50. The molecule has 2 heterocycles. The van der Waals surface area contributed by atoms with Crippen LogP contribution in [0.5, 0.6) is 0 Å². The molecule has 3 rings (SSSR count). The third-order valence-corrected chi connectivity index (χ3v) is 4.79. The zero-order valence-electron chi connectivity index (χ0n) is 13.5. The van der Waals surface area contributed by atoms with Crippen molar-refractivity contribution in [1.29, 1.82) is 0 Å². The Morgan fingerprint density at radius 2 is 1.80 bits per heavy atom. The SMILES string of the molecule is O=C(Nc1ccccc1C(=O)N1CCCCC1)c1cnc(Cl)c(Cl)c1. The van der Waals surface area contributed by atoms with E-state index in [4.69, 9.17) is 23.2 Å². The highest BCUT2D eigenvalue weighted by Gasteiger charge is 2.21. The quantitative estimate of drug-likeness (QED) is 0.812. The Bertz CT molecular complexity index is 805. The first-order valence-electron chi connectivity index (χ1n) is 8.07. The zero-order valence-corrected chi connectivity index (χ0v) is 15.0. The third kappa shape index (κ3) is 4.11. The lowest BCUT2D eigenvalue weighted by atomic mass is 10.1. The van der Waals surface area contributed by atoms with Crippen molar-refractivity contribution in [3.05, 3.63) is 57.8 Å². The minimum Gasteiger partial charge on any atom is -0.339 e. The van der Waals surface area contributed by atoms with E-state index in [1.165, 1.54) is 12.3 Å². The molecule has 2 amide bonds. The number of nitrogens with one attached hydrogen (secondary N) is 1. The fourth-order valence-electron chi connectivity index (χ4n) is 2.79. The van der Waals surface area contributed by atoms with Gasteiger partial charge in [0.1, 0.15) is 5.15 Å². The van der Waals surface area contributed by atoms with E-state index in [2.05, 4.69) is 10.3 Å². The number of rotatable bonds is 3. The average molecular weight is 378 g/mol. The van der Waals surface area contributed by atoms with E-state index < -0.39 is 5.91 Å². The number of amides is 2. The Balaban J connectivity index is 1.81. The number of pyridine rings is 1. The Hall–Kier alpha value is -2.11. The fraction of sp³-hybridized carbons (Fsp3) is 0.278. The first-order chi connectivity index (χ1) is 12.1. The summed E-state index contributed by atoms with van der Waals surface area (Å²) >= 11 is 11.7. The number of para-hydroxylation sites is 1. The van der Waals surface area contributed by atoms with Gasteiger partial charge in [0, 0.05) is 19.3 Å². The van der Waals surface area contributed by atoms with Crippen LogP contribution in [0.1, 0.15) is 40.0 Å². The Morgan fingerprint density at radius 1 is 1.08 bits per heavy atom. The monoisotopic (exact) mass is 377 g/mol. The minimum absolute atomic E-state index is 0.0668. The normalized spacial score (nSPS) is 14.2. The van der Waals surface area contributed by atoms with Crippen LogP contribution in [0, 0.1) is 0 Å². The highest BCUT2D eigenvalue weighted by Crippen LogP contribution is 2.23. The summed E-state index contributed by atoms with van der Waals surface area (Å²) < 4.78 is 0. The molecule has 0 aliphatic carbocycles. The molecule has 0 atom stereocenters. The van der Waals surface area contributed by atoms with E-state index in [9.17, 15) is 9.59 Å². The highest BCUT2D eigenvalue weighted by molar-refractivity contribution is 6.41. The van der Waals surface area contributed by atoms with Crippen LogP contribution in [0.2, 0.25) is 10.2 Å². The Labute approximate surface area is 155 Å². The van der Waals surface area contributed by atoms with Gasteiger partial charge in [0.2, 0.25) is 0 Å². The van der Waals surface area contributed by atoms with Gasteiger partial charge in [-0.15, -0.1) is 0 Å². The molecule has 1 N–H and O–H groups in total. The Kier molecular flexibility index (Phi) is 5.56. The molecule has 0 spiro atoms. The van der Waals surface area contributed by atoms with Crippen LogP contribution in [0.4, 0.5) is 5.69 Å². The van der Waals surface area contributed by atoms with Crippen LogP contribution >= 0.6 is 23.2 Å². The molecule has 1 saturated heterocycles. The third-order valence-electron chi connectivity index (χ3n) is 4.11. The molecule has 1 aliphatic rings. The standard InChI is InChI=1S/C18H17Cl2N3O2/c19-14-10-12(11-21-16(14)20)17(24)22-15-7-3-2-6-13(15)18(25)23-8-4-1-5-9-23/h2-3,6-7,10-11H,1,4-5,8-9H2,(H,22,24). The van der Waals surface area contributed by atoms with Crippen molar-refractivity contribution in [2.75, 3.05) is 18.4 Å². The van der Waals surface area contributed by atoms with Gasteiger partial charge >= 0.3 is 0 Å². The van der Waals surface area contributed by atoms with Crippen molar-refractivity contribution in [2.45, 2.75) is 19.3 Å². The topological polar surface area (TPSA) is 62.3 Å². The Morgan fingerprint density at radius 3 is 2.52 bits per heavy atom. The van der Waals surface area contributed by atoms with Gasteiger partial charge in [-0.1, -0.05) is 35.3 Å². The number of aromatic nitrogens is 1. The number of carbonyl (C=O) groups excluding carboxylic acids is 2. The van der Waals surface area contributed by atoms with Gasteiger partial charge in [0.25, 0.3) is 11.8 Å². The lowest BCUT2D eigenvalue weighted by Gasteiger charge is -2.27. The molecule has 0 unspecified atom stereocenters. The molecule has 1 aromatic heterocycles. The molecule has 1 fully saturated rings. The van der Waals surface area contributed by atoms with Crippen LogP contribution < -0.4 is 5.32 Å². The number of nitrogens with zero attached hydrogens (tertiary/aromatic N) is 2. The largest absolute Gasteiger partial charge is 0.339 e. The van der Waals surface area contributed by atoms with Gasteiger partial charge in [0.05, 0.1) is 21.8 Å². The molecule has 25 heavy (non-hydrogen) atoms. The lowest BCUT2D eigenvalue weighted by Crippen LogP contribution is -2.36. The number of hydrogen-bond donors (Lipinski definition) is 1. The molecule has 0 radical (unpaired) electrons. The molecule has 0 bridgehead atoms.